The maximum atomic E-state index is 12.0. The lowest BCUT2D eigenvalue weighted by atomic mass is 10.2. The SMILES string of the molecule is Cc1cccc(NC(=O)CSc2ccc(NC(=O)C3CC3)cc2)c1. The highest BCUT2D eigenvalue weighted by molar-refractivity contribution is 8.00. The van der Waals surface area contributed by atoms with Gasteiger partial charge in [-0.1, -0.05) is 12.1 Å². The van der Waals surface area contributed by atoms with Crippen molar-refractivity contribution in [2.75, 3.05) is 16.4 Å². The summed E-state index contributed by atoms with van der Waals surface area (Å²) < 4.78 is 0. The molecule has 0 radical (unpaired) electrons. The van der Waals surface area contributed by atoms with Crippen molar-refractivity contribution in [1.29, 1.82) is 0 Å². The summed E-state index contributed by atoms with van der Waals surface area (Å²) in [7, 11) is 0. The molecule has 0 atom stereocenters. The van der Waals surface area contributed by atoms with Gasteiger partial charge in [0.05, 0.1) is 5.75 Å². The summed E-state index contributed by atoms with van der Waals surface area (Å²) in [5.74, 6) is 0.621. The molecule has 1 aliphatic rings. The van der Waals surface area contributed by atoms with Gasteiger partial charge in [-0.15, -0.1) is 11.8 Å². The van der Waals surface area contributed by atoms with Gasteiger partial charge in [0.25, 0.3) is 0 Å². The zero-order valence-corrected chi connectivity index (χ0v) is 14.4. The van der Waals surface area contributed by atoms with Crippen molar-refractivity contribution in [2.45, 2.75) is 24.7 Å². The molecule has 124 valence electrons. The molecule has 2 aromatic rings. The zero-order valence-electron chi connectivity index (χ0n) is 13.5. The number of thioether (sulfide) groups is 1. The molecule has 0 spiro atoms. The lowest BCUT2D eigenvalue weighted by Gasteiger charge is -2.07. The molecule has 0 heterocycles. The monoisotopic (exact) mass is 340 g/mol. The molecule has 2 N–H and O–H groups in total. The number of hydrogen-bond acceptors (Lipinski definition) is 3. The van der Waals surface area contributed by atoms with E-state index in [4.69, 9.17) is 0 Å². The van der Waals surface area contributed by atoms with E-state index >= 15 is 0 Å². The van der Waals surface area contributed by atoms with Gasteiger partial charge in [0.1, 0.15) is 0 Å². The van der Waals surface area contributed by atoms with Crippen LogP contribution in [0.2, 0.25) is 0 Å². The second kappa shape index (κ2) is 7.53. The summed E-state index contributed by atoms with van der Waals surface area (Å²) in [5.41, 5.74) is 2.74. The summed E-state index contributed by atoms with van der Waals surface area (Å²) >= 11 is 1.47. The van der Waals surface area contributed by atoms with Crippen LogP contribution in [0.25, 0.3) is 0 Å². The third kappa shape index (κ3) is 4.86. The summed E-state index contributed by atoms with van der Waals surface area (Å²) in [6.45, 7) is 1.99. The van der Waals surface area contributed by atoms with Crippen LogP contribution in [0.5, 0.6) is 0 Å². The van der Waals surface area contributed by atoms with Crippen molar-refractivity contribution < 1.29 is 9.59 Å². The molecule has 0 unspecified atom stereocenters. The average Bonchev–Trinajstić information content (AvgIpc) is 3.39. The molecule has 0 saturated heterocycles. The summed E-state index contributed by atoms with van der Waals surface area (Å²) in [6.07, 6.45) is 1.99. The molecule has 1 saturated carbocycles. The molecular formula is C19H20N2O2S. The van der Waals surface area contributed by atoms with E-state index in [2.05, 4.69) is 10.6 Å². The fourth-order valence-electron chi connectivity index (χ4n) is 2.29. The minimum atomic E-state index is -0.0308. The summed E-state index contributed by atoms with van der Waals surface area (Å²) in [6, 6.07) is 15.3. The van der Waals surface area contributed by atoms with E-state index < -0.39 is 0 Å². The van der Waals surface area contributed by atoms with E-state index in [1.165, 1.54) is 11.8 Å². The van der Waals surface area contributed by atoms with Crippen LogP contribution in [0.4, 0.5) is 11.4 Å². The Bertz CT molecular complexity index is 739. The maximum Gasteiger partial charge on any atom is 0.234 e. The zero-order chi connectivity index (χ0) is 16.9. The van der Waals surface area contributed by atoms with E-state index in [1.54, 1.807) is 0 Å². The van der Waals surface area contributed by atoms with Gasteiger partial charge >= 0.3 is 0 Å². The molecule has 1 aliphatic carbocycles. The van der Waals surface area contributed by atoms with Crippen molar-refractivity contribution >= 4 is 35.0 Å². The molecule has 24 heavy (non-hydrogen) atoms. The Labute approximate surface area is 146 Å². The number of amides is 2. The third-order valence-electron chi connectivity index (χ3n) is 3.74. The van der Waals surface area contributed by atoms with Crippen molar-refractivity contribution in [1.82, 2.24) is 0 Å². The minimum absolute atomic E-state index is 0.0308. The number of nitrogens with one attached hydrogen (secondary N) is 2. The van der Waals surface area contributed by atoms with E-state index in [0.717, 1.165) is 34.7 Å². The molecule has 2 aromatic carbocycles. The first-order chi connectivity index (χ1) is 11.6. The van der Waals surface area contributed by atoms with Crippen molar-refractivity contribution in [3.8, 4) is 0 Å². The molecule has 0 aromatic heterocycles. The van der Waals surface area contributed by atoms with Crippen molar-refractivity contribution in [2.24, 2.45) is 5.92 Å². The van der Waals surface area contributed by atoms with Gasteiger partial charge in [0, 0.05) is 22.2 Å². The second-order valence-electron chi connectivity index (χ2n) is 5.99. The molecular weight excluding hydrogens is 320 g/mol. The van der Waals surface area contributed by atoms with Crippen LogP contribution in [-0.2, 0) is 9.59 Å². The number of anilines is 2. The highest BCUT2D eigenvalue weighted by Gasteiger charge is 2.29. The lowest BCUT2D eigenvalue weighted by molar-refractivity contribution is -0.117. The van der Waals surface area contributed by atoms with Crippen LogP contribution < -0.4 is 10.6 Å². The molecule has 1 fully saturated rings. The van der Waals surface area contributed by atoms with Crippen LogP contribution in [0.3, 0.4) is 0 Å². The first-order valence-electron chi connectivity index (χ1n) is 8.00. The van der Waals surface area contributed by atoms with Gasteiger partial charge in [-0.3, -0.25) is 9.59 Å². The Hall–Kier alpha value is -2.27. The van der Waals surface area contributed by atoms with E-state index in [9.17, 15) is 9.59 Å². The predicted molar refractivity (Wildman–Crippen MR) is 98.3 cm³/mol. The fraction of sp³-hybridized carbons (Fsp3) is 0.263. The van der Waals surface area contributed by atoms with E-state index in [0.29, 0.717) is 5.75 Å². The molecule has 4 nitrogen and oxygen atoms in total. The van der Waals surface area contributed by atoms with Crippen LogP contribution in [0, 0.1) is 12.8 Å². The largest absolute Gasteiger partial charge is 0.326 e. The maximum absolute atomic E-state index is 12.0. The van der Waals surface area contributed by atoms with Gasteiger partial charge in [-0.2, -0.15) is 0 Å². The first-order valence-corrected chi connectivity index (χ1v) is 8.99. The van der Waals surface area contributed by atoms with Gasteiger partial charge in [-0.25, -0.2) is 0 Å². The normalized spacial score (nSPS) is 13.4. The Morgan fingerprint density at radius 1 is 1.04 bits per heavy atom. The quantitative estimate of drug-likeness (QED) is 0.779. The molecule has 3 rings (SSSR count). The van der Waals surface area contributed by atoms with Crippen molar-refractivity contribution in [3.63, 3.8) is 0 Å². The number of rotatable bonds is 6. The Kier molecular flexibility index (Phi) is 5.20. The first kappa shape index (κ1) is 16.6. The smallest absolute Gasteiger partial charge is 0.234 e. The summed E-state index contributed by atoms with van der Waals surface area (Å²) in [5, 5.41) is 5.80. The second-order valence-corrected chi connectivity index (χ2v) is 7.04. The van der Waals surface area contributed by atoms with Gasteiger partial charge in [0.15, 0.2) is 0 Å². The molecule has 0 aliphatic heterocycles. The number of carbonyl (C=O) groups excluding carboxylic acids is 2. The van der Waals surface area contributed by atoms with Crippen LogP contribution in [0.1, 0.15) is 18.4 Å². The van der Waals surface area contributed by atoms with E-state index in [1.807, 2.05) is 55.5 Å². The predicted octanol–water partition coefficient (Wildman–Crippen LogP) is 4.07. The summed E-state index contributed by atoms with van der Waals surface area (Å²) in [4.78, 5) is 24.7. The van der Waals surface area contributed by atoms with E-state index in [-0.39, 0.29) is 17.7 Å². The van der Waals surface area contributed by atoms with Crippen molar-refractivity contribution in [3.05, 3.63) is 54.1 Å². The number of carbonyl (C=O) groups is 2. The number of hydrogen-bond donors (Lipinski definition) is 2. The topological polar surface area (TPSA) is 58.2 Å². The molecule has 2 amide bonds. The molecule has 0 bridgehead atoms. The number of benzene rings is 2. The Morgan fingerprint density at radius 2 is 1.79 bits per heavy atom. The fourth-order valence-corrected chi connectivity index (χ4v) is 2.99. The lowest BCUT2D eigenvalue weighted by Crippen LogP contribution is -2.14. The highest BCUT2D eigenvalue weighted by Crippen LogP contribution is 2.30. The standard InChI is InChI=1S/C19H20N2O2S/c1-13-3-2-4-16(11-13)20-18(22)12-24-17-9-7-15(8-10-17)21-19(23)14-5-6-14/h2-4,7-11,14H,5-6,12H2,1H3,(H,20,22)(H,21,23). The Balaban J connectivity index is 1.47. The number of aryl methyl sites for hydroxylation is 1. The van der Waals surface area contributed by atoms with Crippen LogP contribution >= 0.6 is 11.8 Å². The molecule has 5 heteroatoms. The van der Waals surface area contributed by atoms with Gasteiger partial charge in [0.2, 0.25) is 11.8 Å². The minimum Gasteiger partial charge on any atom is -0.326 e. The van der Waals surface area contributed by atoms with Crippen LogP contribution in [-0.4, -0.2) is 17.6 Å². The van der Waals surface area contributed by atoms with Gasteiger partial charge in [-0.05, 0) is 61.7 Å². The Morgan fingerprint density at radius 3 is 2.46 bits per heavy atom. The van der Waals surface area contributed by atoms with Gasteiger partial charge < -0.3 is 10.6 Å². The highest BCUT2D eigenvalue weighted by atomic mass is 32.2. The van der Waals surface area contributed by atoms with Crippen LogP contribution in [0.15, 0.2) is 53.4 Å². The third-order valence-corrected chi connectivity index (χ3v) is 4.75. The average molecular weight is 340 g/mol.